The summed E-state index contributed by atoms with van der Waals surface area (Å²) in [5, 5.41) is 7.15. The van der Waals surface area contributed by atoms with E-state index in [4.69, 9.17) is 4.42 Å². The quantitative estimate of drug-likeness (QED) is 0.436. The van der Waals surface area contributed by atoms with Crippen LogP contribution in [-0.2, 0) is 13.0 Å². The van der Waals surface area contributed by atoms with Crippen LogP contribution in [0.25, 0.3) is 16.7 Å². The van der Waals surface area contributed by atoms with Crippen LogP contribution >= 0.6 is 0 Å². The molecule has 1 N–H and O–H groups in total. The van der Waals surface area contributed by atoms with E-state index >= 15 is 0 Å². The van der Waals surface area contributed by atoms with E-state index < -0.39 is 5.91 Å². The van der Waals surface area contributed by atoms with Crippen LogP contribution in [0.1, 0.15) is 33.1 Å². The van der Waals surface area contributed by atoms with Gasteiger partial charge < -0.3 is 9.73 Å². The Morgan fingerprint density at radius 3 is 2.58 bits per heavy atom. The van der Waals surface area contributed by atoms with E-state index in [-0.39, 0.29) is 17.0 Å². The number of carbonyl (C=O) groups excluding carboxylic acids is 1. The highest BCUT2D eigenvalue weighted by atomic mass is 16.3. The number of carbonyl (C=O) groups is 1. The summed E-state index contributed by atoms with van der Waals surface area (Å²) in [6.45, 7) is 4.77. The maximum absolute atomic E-state index is 13.4. The zero-order valence-corrected chi connectivity index (χ0v) is 18.4. The van der Waals surface area contributed by atoms with Gasteiger partial charge in [-0.05, 0) is 49.2 Å². The second-order valence-corrected chi connectivity index (χ2v) is 8.13. The third-order valence-corrected chi connectivity index (χ3v) is 5.59. The van der Waals surface area contributed by atoms with Crippen molar-refractivity contribution < 1.29 is 9.21 Å². The van der Waals surface area contributed by atoms with Crippen molar-refractivity contribution in [3.05, 3.63) is 99.5 Å². The molecule has 8 nitrogen and oxygen atoms in total. The number of hydrogen-bond acceptors (Lipinski definition) is 5. The molecule has 5 aromatic rings. The molecule has 0 saturated heterocycles. The summed E-state index contributed by atoms with van der Waals surface area (Å²) in [6.07, 6.45) is 2.15. The first-order valence-electron chi connectivity index (χ1n) is 10.8. The van der Waals surface area contributed by atoms with Gasteiger partial charge >= 0.3 is 0 Å². The molecule has 0 spiro atoms. The van der Waals surface area contributed by atoms with Gasteiger partial charge in [0, 0.05) is 13.0 Å². The first kappa shape index (κ1) is 20.7. The van der Waals surface area contributed by atoms with Gasteiger partial charge in [0.15, 0.2) is 0 Å². The fourth-order valence-corrected chi connectivity index (χ4v) is 3.84. The van der Waals surface area contributed by atoms with Crippen molar-refractivity contribution in [3.8, 4) is 0 Å². The Morgan fingerprint density at radius 2 is 1.82 bits per heavy atom. The average Bonchev–Trinajstić information content (AvgIpc) is 3.48. The molecular weight excluding hydrogens is 418 g/mol. The number of benzene rings is 2. The predicted molar refractivity (Wildman–Crippen MR) is 125 cm³/mol. The van der Waals surface area contributed by atoms with Gasteiger partial charge in [-0.3, -0.25) is 14.2 Å². The predicted octanol–water partition coefficient (Wildman–Crippen LogP) is 3.27. The van der Waals surface area contributed by atoms with Crippen LogP contribution in [0.4, 0.5) is 0 Å². The van der Waals surface area contributed by atoms with E-state index in [0.717, 1.165) is 28.0 Å². The zero-order chi connectivity index (χ0) is 22.9. The van der Waals surface area contributed by atoms with Crippen LogP contribution in [0.15, 0.2) is 70.1 Å². The molecule has 0 aliphatic rings. The standard InChI is InChI=1S/C25H23N5O3/c1-16-5-8-18(9-6-16)15-29-21-14-17(2)7-10-20(21)30-23(25(29)32)27-22(28-30)24(31)26-12-11-19-4-3-13-33-19/h3-10,13-14H,11-12,15H2,1-2H3,(H,26,31). The minimum absolute atomic E-state index is 0.0403. The molecule has 33 heavy (non-hydrogen) atoms. The third-order valence-electron chi connectivity index (χ3n) is 5.59. The van der Waals surface area contributed by atoms with Gasteiger partial charge in [0.25, 0.3) is 11.5 Å². The zero-order valence-electron chi connectivity index (χ0n) is 18.4. The van der Waals surface area contributed by atoms with Gasteiger partial charge in [-0.15, -0.1) is 5.10 Å². The lowest BCUT2D eigenvalue weighted by Gasteiger charge is -2.12. The van der Waals surface area contributed by atoms with Crippen molar-refractivity contribution >= 4 is 22.6 Å². The van der Waals surface area contributed by atoms with Crippen LogP contribution in [0.5, 0.6) is 0 Å². The van der Waals surface area contributed by atoms with E-state index in [1.54, 1.807) is 16.9 Å². The van der Waals surface area contributed by atoms with Crippen molar-refractivity contribution in [2.45, 2.75) is 26.8 Å². The summed E-state index contributed by atoms with van der Waals surface area (Å²) in [5.41, 5.74) is 4.46. The topological polar surface area (TPSA) is 94.4 Å². The molecule has 8 heteroatoms. The highest BCUT2D eigenvalue weighted by molar-refractivity contribution is 5.91. The van der Waals surface area contributed by atoms with Gasteiger partial charge in [-0.1, -0.05) is 35.9 Å². The van der Waals surface area contributed by atoms with Crippen molar-refractivity contribution in [2.24, 2.45) is 0 Å². The molecular formula is C25H23N5O3. The molecule has 5 rings (SSSR count). The smallest absolute Gasteiger partial charge is 0.296 e. The Morgan fingerprint density at radius 1 is 1.03 bits per heavy atom. The van der Waals surface area contributed by atoms with E-state index in [1.165, 1.54) is 4.52 Å². The largest absolute Gasteiger partial charge is 0.469 e. The van der Waals surface area contributed by atoms with E-state index in [0.29, 0.717) is 25.0 Å². The number of aromatic nitrogens is 4. The van der Waals surface area contributed by atoms with Crippen LogP contribution < -0.4 is 10.9 Å². The number of nitrogens with one attached hydrogen (secondary N) is 1. The summed E-state index contributed by atoms with van der Waals surface area (Å²) in [5.74, 6) is 0.301. The second-order valence-electron chi connectivity index (χ2n) is 8.13. The molecule has 3 aromatic heterocycles. The lowest BCUT2D eigenvalue weighted by atomic mass is 10.1. The molecule has 1 amide bonds. The molecule has 0 saturated carbocycles. The number of hydrogen-bond donors (Lipinski definition) is 1. The molecule has 0 bridgehead atoms. The Hall–Kier alpha value is -4.20. The van der Waals surface area contributed by atoms with Crippen LogP contribution in [0.3, 0.4) is 0 Å². The van der Waals surface area contributed by atoms with Crippen LogP contribution in [0, 0.1) is 13.8 Å². The molecule has 0 fully saturated rings. The summed E-state index contributed by atoms with van der Waals surface area (Å²) in [4.78, 5) is 30.4. The van der Waals surface area contributed by atoms with Crippen LogP contribution in [-0.4, -0.2) is 31.6 Å². The van der Waals surface area contributed by atoms with E-state index in [2.05, 4.69) is 15.4 Å². The summed E-state index contributed by atoms with van der Waals surface area (Å²) < 4.78 is 8.43. The second kappa shape index (κ2) is 8.38. The molecule has 0 radical (unpaired) electrons. The first-order valence-corrected chi connectivity index (χ1v) is 10.8. The third kappa shape index (κ3) is 4.03. The molecule has 3 heterocycles. The average molecular weight is 441 g/mol. The van der Waals surface area contributed by atoms with Gasteiger partial charge in [-0.2, -0.15) is 4.98 Å². The highest BCUT2D eigenvalue weighted by Gasteiger charge is 2.19. The van der Waals surface area contributed by atoms with E-state index in [9.17, 15) is 9.59 Å². The normalized spacial score (nSPS) is 11.3. The summed E-state index contributed by atoms with van der Waals surface area (Å²) in [6, 6.07) is 17.5. The number of fused-ring (bicyclic) bond motifs is 3. The van der Waals surface area contributed by atoms with Crippen molar-refractivity contribution in [3.63, 3.8) is 0 Å². The molecule has 0 atom stereocenters. The maximum Gasteiger partial charge on any atom is 0.296 e. The van der Waals surface area contributed by atoms with Gasteiger partial charge in [0.2, 0.25) is 11.5 Å². The molecule has 0 aliphatic heterocycles. The number of aryl methyl sites for hydroxylation is 2. The Kier molecular flexibility index (Phi) is 5.26. The fraction of sp³-hybridized carbons (Fsp3) is 0.200. The highest BCUT2D eigenvalue weighted by Crippen LogP contribution is 2.17. The van der Waals surface area contributed by atoms with Gasteiger partial charge in [0.05, 0.1) is 23.8 Å². The van der Waals surface area contributed by atoms with Crippen LogP contribution in [0.2, 0.25) is 0 Å². The summed E-state index contributed by atoms with van der Waals surface area (Å²) >= 11 is 0. The van der Waals surface area contributed by atoms with Crippen molar-refractivity contribution in [1.29, 1.82) is 0 Å². The number of amides is 1. The number of furan rings is 1. The van der Waals surface area contributed by atoms with Gasteiger partial charge in [0.1, 0.15) is 5.76 Å². The monoisotopic (exact) mass is 441 g/mol. The molecule has 0 aliphatic carbocycles. The molecule has 0 unspecified atom stereocenters. The SMILES string of the molecule is Cc1ccc(Cn2c(=O)c3nc(C(=O)NCCc4ccco4)nn3c3ccc(C)cc32)cc1. The fourth-order valence-electron chi connectivity index (χ4n) is 3.84. The van der Waals surface area contributed by atoms with E-state index in [1.807, 2.05) is 62.4 Å². The lowest BCUT2D eigenvalue weighted by molar-refractivity contribution is 0.0943. The minimum atomic E-state index is -0.435. The first-order chi connectivity index (χ1) is 16.0. The van der Waals surface area contributed by atoms with Crippen molar-refractivity contribution in [2.75, 3.05) is 6.54 Å². The molecule has 2 aromatic carbocycles. The summed E-state index contributed by atoms with van der Waals surface area (Å²) in [7, 11) is 0. The lowest BCUT2D eigenvalue weighted by Crippen LogP contribution is -2.26. The maximum atomic E-state index is 13.4. The van der Waals surface area contributed by atoms with Gasteiger partial charge in [-0.25, -0.2) is 4.52 Å². The Bertz CT molecular complexity index is 1510. The number of nitrogens with zero attached hydrogens (tertiary/aromatic N) is 4. The minimum Gasteiger partial charge on any atom is -0.469 e. The Balaban J connectivity index is 1.54. The van der Waals surface area contributed by atoms with Crippen molar-refractivity contribution in [1.82, 2.24) is 24.5 Å². The molecule has 166 valence electrons. The number of rotatable bonds is 6. The Labute approximate surface area is 189 Å².